The van der Waals surface area contributed by atoms with Crippen molar-refractivity contribution in [2.24, 2.45) is 0 Å². The number of aryl methyl sites for hydroxylation is 1. The third-order valence-corrected chi connectivity index (χ3v) is 2.88. The Morgan fingerprint density at radius 3 is 2.81 bits per heavy atom. The molecule has 0 N–H and O–H groups in total. The van der Waals surface area contributed by atoms with Gasteiger partial charge in [0.2, 0.25) is 0 Å². The van der Waals surface area contributed by atoms with Gasteiger partial charge in [-0.1, -0.05) is 0 Å². The maximum atomic E-state index is 5.54. The lowest BCUT2D eigenvalue weighted by Crippen LogP contribution is -1.80. The first-order chi connectivity index (χ1) is 7.72. The molecule has 3 aromatic rings. The summed E-state index contributed by atoms with van der Waals surface area (Å²) in [6.45, 7) is 1.93. The monoisotopic (exact) mass is 276 g/mol. The van der Waals surface area contributed by atoms with Gasteiger partial charge in [-0.25, -0.2) is 4.98 Å². The number of nitrogens with zero attached hydrogens (tertiary/aromatic N) is 2. The zero-order valence-corrected chi connectivity index (χ0v) is 10.2. The maximum absolute atomic E-state index is 5.54. The fraction of sp³-hybridized carbons (Fsp3) is 0.0833. The van der Waals surface area contributed by atoms with Crippen molar-refractivity contribution < 1.29 is 4.42 Å². The van der Waals surface area contributed by atoms with E-state index >= 15 is 0 Å². The molecule has 0 aliphatic carbocycles. The van der Waals surface area contributed by atoms with Crippen molar-refractivity contribution >= 4 is 21.6 Å². The van der Waals surface area contributed by atoms with Crippen LogP contribution in [0.15, 0.2) is 45.5 Å². The van der Waals surface area contributed by atoms with E-state index in [1.807, 2.05) is 48.0 Å². The smallest absolute Gasteiger partial charge is 0.154 e. The standard InChI is InChI=1S/C12H9BrN2O/c1-8-2-4-11(16-8)10-7-15-6-9(13)3-5-12(15)14-10/h2-7H,1H3. The summed E-state index contributed by atoms with van der Waals surface area (Å²) in [5.74, 6) is 1.70. The van der Waals surface area contributed by atoms with Crippen molar-refractivity contribution in [3.05, 3.63) is 46.9 Å². The van der Waals surface area contributed by atoms with E-state index in [1.165, 1.54) is 0 Å². The van der Waals surface area contributed by atoms with E-state index in [-0.39, 0.29) is 0 Å². The fourth-order valence-corrected chi connectivity index (χ4v) is 2.01. The lowest BCUT2D eigenvalue weighted by Gasteiger charge is -1.91. The van der Waals surface area contributed by atoms with Gasteiger partial charge >= 0.3 is 0 Å². The van der Waals surface area contributed by atoms with Gasteiger partial charge in [0.1, 0.15) is 17.1 Å². The molecule has 16 heavy (non-hydrogen) atoms. The molecule has 3 heterocycles. The minimum Gasteiger partial charge on any atom is -0.460 e. The molecule has 3 nitrogen and oxygen atoms in total. The number of halogens is 1. The van der Waals surface area contributed by atoms with E-state index in [2.05, 4.69) is 20.9 Å². The molecule has 0 saturated heterocycles. The molecular formula is C12H9BrN2O. The Labute approximate surface area is 101 Å². The van der Waals surface area contributed by atoms with Crippen molar-refractivity contribution in [3.8, 4) is 11.5 Å². The lowest BCUT2D eigenvalue weighted by atomic mass is 10.3. The zero-order valence-electron chi connectivity index (χ0n) is 8.64. The minimum absolute atomic E-state index is 0.803. The van der Waals surface area contributed by atoms with Crippen LogP contribution in [0, 0.1) is 6.92 Å². The van der Waals surface area contributed by atoms with E-state index in [0.717, 1.165) is 27.3 Å². The van der Waals surface area contributed by atoms with Gasteiger partial charge in [-0.05, 0) is 47.1 Å². The number of hydrogen-bond donors (Lipinski definition) is 0. The SMILES string of the molecule is Cc1ccc(-c2cn3cc(Br)ccc3n2)o1. The molecule has 0 radical (unpaired) electrons. The van der Waals surface area contributed by atoms with Gasteiger partial charge < -0.3 is 8.82 Å². The van der Waals surface area contributed by atoms with Crippen LogP contribution in [0.25, 0.3) is 17.1 Å². The Morgan fingerprint density at radius 2 is 2.06 bits per heavy atom. The van der Waals surface area contributed by atoms with Crippen molar-refractivity contribution in [3.63, 3.8) is 0 Å². The van der Waals surface area contributed by atoms with Gasteiger partial charge in [-0.3, -0.25) is 0 Å². The van der Waals surface area contributed by atoms with E-state index in [0.29, 0.717) is 0 Å². The Hall–Kier alpha value is -1.55. The number of rotatable bonds is 1. The number of furan rings is 1. The molecule has 0 bridgehead atoms. The van der Waals surface area contributed by atoms with Crippen LogP contribution in [-0.2, 0) is 0 Å². The van der Waals surface area contributed by atoms with E-state index in [9.17, 15) is 0 Å². The van der Waals surface area contributed by atoms with Crippen LogP contribution in [0.1, 0.15) is 5.76 Å². The summed E-state index contributed by atoms with van der Waals surface area (Å²) in [5.41, 5.74) is 1.76. The highest BCUT2D eigenvalue weighted by Gasteiger charge is 2.07. The lowest BCUT2D eigenvalue weighted by molar-refractivity contribution is 0.547. The molecule has 0 unspecified atom stereocenters. The highest BCUT2D eigenvalue weighted by atomic mass is 79.9. The van der Waals surface area contributed by atoms with Crippen LogP contribution >= 0.6 is 15.9 Å². The summed E-state index contributed by atoms with van der Waals surface area (Å²) in [6.07, 6.45) is 3.93. The molecule has 0 fully saturated rings. The second kappa shape index (κ2) is 3.49. The number of imidazole rings is 1. The molecule has 0 spiro atoms. The molecular weight excluding hydrogens is 268 g/mol. The molecule has 0 aliphatic rings. The van der Waals surface area contributed by atoms with Crippen LogP contribution in [0.5, 0.6) is 0 Å². The van der Waals surface area contributed by atoms with Crippen LogP contribution in [0.2, 0.25) is 0 Å². The summed E-state index contributed by atoms with van der Waals surface area (Å²) in [5, 5.41) is 0. The van der Waals surface area contributed by atoms with Gasteiger partial charge in [-0.15, -0.1) is 0 Å². The van der Waals surface area contributed by atoms with Crippen LogP contribution in [0.4, 0.5) is 0 Å². The summed E-state index contributed by atoms with van der Waals surface area (Å²) in [6, 6.07) is 7.81. The highest BCUT2D eigenvalue weighted by molar-refractivity contribution is 9.10. The molecule has 3 aromatic heterocycles. The first-order valence-corrected chi connectivity index (χ1v) is 5.73. The number of hydrogen-bond acceptors (Lipinski definition) is 2. The normalized spacial score (nSPS) is 11.1. The summed E-state index contributed by atoms with van der Waals surface area (Å²) < 4.78 is 8.54. The predicted octanol–water partition coefficient (Wildman–Crippen LogP) is 3.67. The molecule has 0 aromatic carbocycles. The van der Waals surface area contributed by atoms with E-state index < -0.39 is 0 Å². The Balaban J connectivity index is 2.18. The van der Waals surface area contributed by atoms with Gasteiger partial charge in [-0.2, -0.15) is 0 Å². The third kappa shape index (κ3) is 1.55. The molecule has 4 heteroatoms. The highest BCUT2D eigenvalue weighted by Crippen LogP contribution is 2.22. The largest absolute Gasteiger partial charge is 0.460 e. The first-order valence-electron chi connectivity index (χ1n) is 4.93. The van der Waals surface area contributed by atoms with Gasteiger partial charge in [0.15, 0.2) is 5.76 Å². The topological polar surface area (TPSA) is 30.4 Å². The van der Waals surface area contributed by atoms with Gasteiger partial charge in [0.25, 0.3) is 0 Å². The van der Waals surface area contributed by atoms with E-state index in [4.69, 9.17) is 4.42 Å². The Morgan fingerprint density at radius 1 is 1.19 bits per heavy atom. The van der Waals surface area contributed by atoms with Crippen LogP contribution < -0.4 is 0 Å². The quantitative estimate of drug-likeness (QED) is 0.679. The third-order valence-electron chi connectivity index (χ3n) is 2.41. The zero-order chi connectivity index (χ0) is 11.1. The predicted molar refractivity (Wildman–Crippen MR) is 65.3 cm³/mol. The second-order valence-corrected chi connectivity index (χ2v) is 4.56. The van der Waals surface area contributed by atoms with Crippen molar-refractivity contribution in [1.82, 2.24) is 9.38 Å². The molecule has 3 rings (SSSR count). The van der Waals surface area contributed by atoms with Crippen LogP contribution in [-0.4, -0.2) is 9.38 Å². The summed E-state index contributed by atoms with van der Waals surface area (Å²) >= 11 is 3.43. The minimum atomic E-state index is 0.803. The van der Waals surface area contributed by atoms with Gasteiger partial charge in [0, 0.05) is 16.9 Å². The molecule has 0 aliphatic heterocycles. The van der Waals surface area contributed by atoms with Crippen molar-refractivity contribution in [2.75, 3.05) is 0 Å². The second-order valence-electron chi connectivity index (χ2n) is 3.65. The molecule has 80 valence electrons. The average Bonchev–Trinajstić information content (AvgIpc) is 2.83. The maximum Gasteiger partial charge on any atom is 0.154 e. The number of fused-ring (bicyclic) bond motifs is 1. The average molecular weight is 277 g/mol. The summed E-state index contributed by atoms with van der Waals surface area (Å²) in [4.78, 5) is 4.49. The molecule has 0 atom stereocenters. The fourth-order valence-electron chi connectivity index (χ4n) is 1.66. The number of aromatic nitrogens is 2. The van der Waals surface area contributed by atoms with Gasteiger partial charge in [0.05, 0.1) is 0 Å². The van der Waals surface area contributed by atoms with Crippen molar-refractivity contribution in [2.45, 2.75) is 6.92 Å². The summed E-state index contributed by atoms with van der Waals surface area (Å²) in [7, 11) is 0. The molecule has 0 amide bonds. The van der Waals surface area contributed by atoms with Crippen molar-refractivity contribution in [1.29, 1.82) is 0 Å². The Bertz CT molecular complexity index is 654. The van der Waals surface area contributed by atoms with E-state index in [1.54, 1.807) is 0 Å². The van der Waals surface area contributed by atoms with Crippen LogP contribution in [0.3, 0.4) is 0 Å². The first kappa shape index (κ1) is 9.66. The Kier molecular flexibility index (Phi) is 2.11. The number of pyridine rings is 1. The molecule has 0 saturated carbocycles.